The van der Waals surface area contributed by atoms with Crippen LogP contribution in [0.25, 0.3) is 0 Å². The molecule has 2 aliphatic rings. The lowest BCUT2D eigenvalue weighted by molar-refractivity contribution is 0.360. The predicted octanol–water partition coefficient (Wildman–Crippen LogP) is 4.28. The third-order valence-corrected chi connectivity index (χ3v) is 5.54. The molecule has 0 atom stereocenters. The predicted molar refractivity (Wildman–Crippen MR) is 105 cm³/mol. The first-order valence-electron chi connectivity index (χ1n) is 9.40. The highest BCUT2D eigenvalue weighted by atomic mass is 15.4. The fourth-order valence-corrected chi connectivity index (χ4v) is 4.10. The topological polar surface area (TPSA) is 18.8 Å². The zero-order valence-corrected chi connectivity index (χ0v) is 15.3. The van der Waals surface area contributed by atoms with Gasteiger partial charge in [0.15, 0.2) is 0 Å². The van der Waals surface area contributed by atoms with E-state index in [1.54, 1.807) is 0 Å². The van der Waals surface area contributed by atoms with Crippen molar-refractivity contribution in [1.82, 2.24) is 4.90 Å². The number of aliphatic imine (C=N–C) groups is 1. The fourth-order valence-electron chi connectivity index (χ4n) is 4.10. The van der Waals surface area contributed by atoms with E-state index in [1.165, 1.54) is 35.6 Å². The summed E-state index contributed by atoms with van der Waals surface area (Å²) in [6.45, 7) is 8.93. The van der Waals surface area contributed by atoms with Crippen molar-refractivity contribution >= 4 is 11.6 Å². The molecule has 2 aliphatic heterocycles. The first-order chi connectivity index (χ1) is 12.2. The van der Waals surface area contributed by atoms with Crippen molar-refractivity contribution < 1.29 is 0 Å². The van der Waals surface area contributed by atoms with E-state index in [1.807, 2.05) is 0 Å². The minimum absolute atomic E-state index is 0.0463. The van der Waals surface area contributed by atoms with Crippen LogP contribution in [0.15, 0.2) is 59.6 Å². The van der Waals surface area contributed by atoms with Gasteiger partial charge in [-0.1, -0.05) is 62.4 Å². The average molecular weight is 333 g/mol. The van der Waals surface area contributed by atoms with Crippen LogP contribution in [0.1, 0.15) is 37.8 Å². The van der Waals surface area contributed by atoms with Gasteiger partial charge < -0.3 is 9.80 Å². The van der Waals surface area contributed by atoms with Gasteiger partial charge in [-0.15, -0.1) is 0 Å². The molecule has 0 saturated carbocycles. The molecule has 1 saturated heterocycles. The molecule has 0 unspecified atom stereocenters. The number of rotatable bonds is 3. The summed E-state index contributed by atoms with van der Waals surface area (Å²) in [4.78, 5) is 9.78. The molecule has 3 heteroatoms. The van der Waals surface area contributed by atoms with Crippen LogP contribution < -0.4 is 4.90 Å². The van der Waals surface area contributed by atoms with Crippen molar-refractivity contribution in [3.8, 4) is 0 Å². The van der Waals surface area contributed by atoms with Gasteiger partial charge in [0, 0.05) is 37.3 Å². The molecule has 25 heavy (non-hydrogen) atoms. The van der Waals surface area contributed by atoms with Gasteiger partial charge >= 0.3 is 0 Å². The summed E-state index contributed by atoms with van der Waals surface area (Å²) in [5.41, 5.74) is 3.98. The molecule has 0 radical (unpaired) electrons. The van der Waals surface area contributed by atoms with Crippen LogP contribution in [0.5, 0.6) is 0 Å². The quantitative estimate of drug-likeness (QED) is 0.835. The van der Waals surface area contributed by atoms with Crippen LogP contribution in [0.4, 0.5) is 5.69 Å². The van der Waals surface area contributed by atoms with Crippen molar-refractivity contribution in [1.29, 1.82) is 0 Å². The summed E-state index contributed by atoms with van der Waals surface area (Å²) < 4.78 is 0. The molecular formula is C22H27N3. The maximum atomic E-state index is 4.87. The second-order valence-corrected chi connectivity index (χ2v) is 7.54. The molecule has 0 aliphatic carbocycles. The van der Waals surface area contributed by atoms with Crippen molar-refractivity contribution in [2.24, 2.45) is 4.99 Å². The van der Waals surface area contributed by atoms with Crippen LogP contribution in [0.2, 0.25) is 0 Å². The molecule has 3 nitrogen and oxygen atoms in total. The summed E-state index contributed by atoms with van der Waals surface area (Å²) in [6, 6.07) is 19.7. The Labute approximate surface area is 151 Å². The van der Waals surface area contributed by atoms with Gasteiger partial charge in [0.1, 0.15) is 0 Å². The standard InChI is InChI=1S/C22H27N3/c1-22(2,18-10-4-3-5-11-18)19-12-6-7-13-20(19)25-17-9-16-24-15-8-14-23-21(24)25/h3-7,10-13H,8-9,14-17H2,1-2H3. The minimum Gasteiger partial charge on any atom is -0.342 e. The molecule has 130 valence electrons. The minimum atomic E-state index is -0.0463. The molecule has 0 spiro atoms. The fraction of sp³-hybridized carbons (Fsp3) is 0.409. The first-order valence-corrected chi connectivity index (χ1v) is 9.40. The van der Waals surface area contributed by atoms with Crippen LogP contribution in [-0.2, 0) is 5.41 Å². The van der Waals surface area contributed by atoms with Crippen LogP contribution in [-0.4, -0.2) is 37.0 Å². The lowest BCUT2D eigenvalue weighted by atomic mass is 9.77. The molecule has 1 fully saturated rings. The van der Waals surface area contributed by atoms with E-state index in [0.717, 1.165) is 26.2 Å². The molecule has 0 amide bonds. The second kappa shape index (κ2) is 6.55. The van der Waals surface area contributed by atoms with E-state index in [-0.39, 0.29) is 5.41 Å². The van der Waals surface area contributed by atoms with E-state index in [4.69, 9.17) is 4.99 Å². The molecular weight excluding hydrogens is 306 g/mol. The lowest BCUT2D eigenvalue weighted by Crippen LogP contribution is -2.53. The Morgan fingerprint density at radius 2 is 1.56 bits per heavy atom. The monoisotopic (exact) mass is 333 g/mol. The van der Waals surface area contributed by atoms with E-state index in [2.05, 4.69) is 78.2 Å². The second-order valence-electron chi connectivity index (χ2n) is 7.54. The van der Waals surface area contributed by atoms with Crippen molar-refractivity contribution in [3.63, 3.8) is 0 Å². The van der Waals surface area contributed by atoms with Gasteiger partial charge in [-0.05, 0) is 30.0 Å². The SMILES string of the molecule is CC(C)(c1ccccc1)c1ccccc1N1CCCN2CCCN=C21. The Morgan fingerprint density at radius 1 is 0.840 bits per heavy atom. The van der Waals surface area contributed by atoms with Crippen LogP contribution >= 0.6 is 0 Å². The number of para-hydroxylation sites is 1. The molecule has 2 heterocycles. The number of hydrogen-bond acceptors (Lipinski definition) is 3. The molecule has 2 aromatic rings. The van der Waals surface area contributed by atoms with Gasteiger partial charge in [0.2, 0.25) is 5.96 Å². The van der Waals surface area contributed by atoms with Crippen LogP contribution in [0.3, 0.4) is 0 Å². The van der Waals surface area contributed by atoms with Crippen molar-refractivity contribution in [3.05, 3.63) is 65.7 Å². The largest absolute Gasteiger partial charge is 0.342 e. The molecule has 0 N–H and O–H groups in total. The summed E-state index contributed by atoms with van der Waals surface area (Å²) in [7, 11) is 0. The number of benzene rings is 2. The van der Waals surface area contributed by atoms with Gasteiger partial charge in [-0.3, -0.25) is 4.99 Å². The third kappa shape index (κ3) is 2.92. The number of hydrogen-bond donors (Lipinski definition) is 0. The summed E-state index contributed by atoms with van der Waals surface area (Å²) in [5.74, 6) is 1.17. The van der Waals surface area contributed by atoms with E-state index in [9.17, 15) is 0 Å². The number of nitrogens with zero attached hydrogens (tertiary/aromatic N) is 3. The molecule has 4 rings (SSSR count). The highest BCUT2D eigenvalue weighted by Gasteiger charge is 2.32. The highest BCUT2D eigenvalue weighted by Crippen LogP contribution is 2.38. The third-order valence-electron chi connectivity index (χ3n) is 5.54. The average Bonchev–Trinajstić information content (AvgIpc) is 2.68. The van der Waals surface area contributed by atoms with Crippen molar-refractivity contribution in [2.45, 2.75) is 32.1 Å². The Balaban J connectivity index is 1.78. The Morgan fingerprint density at radius 3 is 2.40 bits per heavy atom. The first kappa shape index (κ1) is 16.2. The summed E-state index contributed by atoms with van der Waals surface area (Å²) >= 11 is 0. The molecule has 0 bridgehead atoms. The summed E-state index contributed by atoms with van der Waals surface area (Å²) in [5, 5.41) is 0. The van der Waals surface area contributed by atoms with E-state index in [0.29, 0.717) is 0 Å². The van der Waals surface area contributed by atoms with Gasteiger partial charge in [-0.25, -0.2) is 0 Å². The maximum absolute atomic E-state index is 4.87. The Bertz CT molecular complexity index is 764. The zero-order chi connectivity index (χ0) is 17.3. The highest BCUT2D eigenvalue weighted by molar-refractivity contribution is 5.98. The van der Waals surface area contributed by atoms with Crippen LogP contribution in [0, 0.1) is 0 Å². The maximum Gasteiger partial charge on any atom is 0.201 e. The Hall–Kier alpha value is -2.29. The number of anilines is 1. The smallest absolute Gasteiger partial charge is 0.201 e. The Kier molecular flexibility index (Phi) is 4.24. The number of fused-ring (bicyclic) bond motifs is 1. The normalized spacial score (nSPS) is 17.9. The van der Waals surface area contributed by atoms with E-state index < -0.39 is 0 Å². The lowest BCUT2D eigenvalue weighted by Gasteiger charge is -2.43. The molecule has 0 aromatic heterocycles. The van der Waals surface area contributed by atoms with Gasteiger partial charge in [0.25, 0.3) is 0 Å². The van der Waals surface area contributed by atoms with Gasteiger partial charge in [0.05, 0.1) is 0 Å². The zero-order valence-electron chi connectivity index (χ0n) is 15.3. The summed E-state index contributed by atoms with van der Waals surface area (Å²) in [6.07, 6.45) is 2.37. The molecule has 2 aromatic carbocycles. The van der Waals surface area contributed by atoms with Crippen molar-refractivity contribution in [2.75, 3.05) is 31.1 Å². The van der Waals surface area contributed by atoms with Gasteiger partial charge in [-0.2, -0.15) is 0 Å². The van der Waals surface area contributed by atoms with E-state index >= 15 is 0 Å². The number of guanidine groups is 1.